The topological polar surface area (TPSA) is 83.0 Å². The summed E-state index contributed by atoms with van der Waals surface area (Å²) in [5, 5.41) is 11.8. The van der Waals surface area contributed by atoms with Crippen molar-refractivity contribution < 1.29 is 13.9 Å². The molecule has 0 unspecified atom stereocenters. The Hall–Kier alpha value is -4.00. The molecule has 4 rings (SSSR count). The lowest BCUT2D eigenvalue weighted by molar-refractivity contribution is -0.138. The molecule has 4 aromatic rings. The van der Waals surface area contributed by atoms with Crippen LogP contribution in [0.1, 0.15) is 16.9 Å². The molecule has 2 heterocycles. The molecule has 144 valence electrons. The van der Waals surface area contributed by atoms with Crippen LogP contribution in [0.3, 0.4) is 0 Å². The predicted molar refractivity (Wildman–Crippen MR) is 107 cm³/mol. The standard InChI is InChI=1S/C22H18N4O3/c1-16-7-5-8-17(13-16)15-29-22(27)20(14-19-11-6-12-28-19)26-21(23-24-25-26)18-9-3-2-4-10-18/h2-14H,15H2,1H3/b20-14-. The molecule has 2 aromatic carbocycles. The van der Waals surface area contributed by atoms with Crippen molar-refractivity contribution in [3.63, 3.8) is 0 Å². The van der Waals surface area contributed by atoms with Crippen molar-refractivity contribution in [3.05, 3.63) is 89.9 Å². The number of aromatic nitrogens is 4. The number of rotatable bonds is 6. The minimum atomic E-state index is -0.563. The molecule has 2 aromatic heterocycles. The van der Waals surface area contributed by atoms with Crippen LogP contribution >= 0.6 is 0 Å². The fourth-order valence-corrected chi connectivity index (χ4v) is 2.86. The first-order valence-corrected chi connectivity index (χ1v) is 9.03. The first-order valence-electron chi connectivity index (χ1n) is 9.03. The summed E-state index contributed by atoms with van der Waals surface area (Å²) >= 11 is 0. The van der Waals surface area contributed by atoms with Gasteiger partial charge in [-0.1, -0.05) is 60.2 Å². The van der Waals surface area contributed by atoms with E-state index < -0.39 is 5.97 Å². The van der Waals surface area contributed by atoms with E-state index in [2.05, 4.69) is 15.5 Å². The van der Waals surface area contributed by atoms with Crippen molar-refractivity contribution in [1.29, 1.82) is 0 Å². The van der Waals surface area contributed by atoms with Gasteiger partial charge in [0.2, 0.25) is 0 Å². The first kappa shape index (κ1) is 18.4. The van der Waals surface area contributed by atoms with Gasteiger partial charge >= 0.3 is 5.97 Å². The van der Waals surface area contributed by atoms with Crippen LogP contribution in [-0.2, 0) is 16.1 Å². The number of esters is 1. The number of ether oxygens (including phenoxy) is 1. The van der Waals surface area contributed by atoms with Gasteiger partial charge in [0, 0.05) is 11.6 Å². The van der Waals surface area contributed by atoms with Crippen molar-refractivity contribution in [2.75, 3.05) is 0 Å². The van der Waals surface area contributed by atoms with E-state index in [0.29, 0.717) is 11.6 Å². The first-order chi connectivity index (χ1) is 14.2. The number of benzene rings is 2. The molecule has 0 aliphatic rings. The Bertz CT molecular complexity index is 1130. The Balaban J connectivity index is 1.67. The van der Waals surface area contributed by atoms with Crippen LogP contribution < -0.4 is 0 Å². The Morgan fingerprint density at radius 3 is 2.72 bits per heavy atom. The van der Waals surface area contributed by atoms with Gasteiger partial charge in [0.25, 0.3) is 0 Å². The van der Waals surface area contributed by atoms with Gasteiger partial charge in [0.15, 0.2) is 11.5 Å². The summed E-state index contributed by atoms with van der Waals surface area (Å²) in [4.78, 5) is 13.0. The quantitative estimate of drug-likeness (QED) is 0.368. The van der Waals surface area contributed by atoms with E-state index >= 15 is 0 Å². The third kappa shape index (κ3) is 4.30. The van der Waals surface area contributed by atoms with Crippen LogP contribution in [0.25, 0.3) is 23.2 Å². The summed E-state index contributed by atoms with van der Waals surface area (Å²) in [6.07, 6.45) is 3.08. The van der Waals surface area contributed by atoms with Gasteiger partial charge in [-0.05, 0) is 35.0 Å². The molecule has 0 aliphatic carbocycles. The summed E-state index contributed by atoms with van der Waals surface area (Å²) in [6, 6.07) is 20.6. The molecule has 0 amide bonds. The number of aryl methyl sites for hydroxylation is 1. The Labute approximate surface area is 167 Å². The second kappa shape index (κ2) is 8.35. The number of carbonyl (C=O) groups excluding carboxylic acids is 1. The third-order valence-corrected chi connectivity index (χ3v) is 4.21. The van der Waals surface area contributed by atoms with Crippen molar-refractivity contribution in [2.24, 2.45) is 0 Å². The van der Waals surface area contributed by atoms with Crippen molar-refractivity contribution in [3.8, 4) is 11.4 Å². The Morgan fingerprint density at radius 2 is 1.97 bits per heavy atom. The molecule has 0 N–H and O–H groups in total. The molecule has 0 radical (unpaired) electrons. The zero-order valence-corrected chi connectivity index (χ0v) is 15.7. The Morgan fingerprint density at radius 1 is 1.10 bits per heavy atom. The number of nitrogens with zero attached hydrogens (tertiary/aromatic N) is 4. The van der Waals surface area contributed by atoms with Gasteiger partial charge in [-0.15, -0.1) is 5.10 Å². The lowest BCUT2D eigenvalue weighted by atomic mass is 10.1. The molecule has 0 saturated heterocycles. The maximum atomic E-state index is 13.0. The third-order valence-electron chi connectivity index (χ3n) is 4.21. The van der Waals surface area contributed by atoms with Gasteiger partial charge in [0.05, 0.1) is 6.26 Å². The van der Waals surface area contributed by atoms with Crippen molar-refractivity contribution in [1.82, 2.24) is 20.2 Å². The second-order valence-electron chi connectivity index (χ2n) is 6.39. The van der Waals surface area contributed by atoms with E-state index in [1.54, 1.807) is 18.2 Å². The predicted octanol–water partition coefficient (Wildman–Crippen LogP) is 3.98. The van der Waals surface area contributed by atoms with Gasteiger partial charge < -0.3 is 9.15 Å². The highest BCUT2D eigenvalue weighted by atomic mass is 16.5. The molecular formula is C22H18N4O3. The normalized spacial score (nSPS) is 11.4. The summed E-state index contributed by atoms with van der Waals surface area (Å²) in [5.74, 6) is 0.352. The zero-order chi connectivity index (χ0) is 20.1. The maximum absolute atomic E-state index is 13.0. The average Bonchev–Trinajstić information content (AvgIpc) is 3.43. The fourth-order valence-electron chi connectivity index (χ4n) is 2.86. The van der Waals surface area contributed by atoms with E-state index in [9.17, 15) is 4.79 Å². The SMILES string of the molecule is Cc1cccc(COC(=O)/C(=C/c2ccco2)n2nnnc2-c2ccccc2)c1. The largest absolute Gasteiger partial charge is 0.465 e. The molecule has 0 spiro atoms. The molecular weight excluding hydrogens is 368 g/mol. The number of hydrogen-bond donors (Lipinski definition) is 0. The average molecular weight is 386 g/mol. The van der Waals surface area contributed by atoms with E-state index in [0.717, 1.165) is 16.7 Å². The lowest BCUT2D eigenvalue weighted by Gasteiger charge is -2.10. The maximum Gasteiger partial charge on any atom is 0.357 e. The van der Waals surface area contributed by atoms with E-state index in [1.807, 2.05) is 61.5 Å². The molecule has 0 bridgehead atoms. The summed E-state index contributed by atoms with van der Waals surface area (Å²) in [6.45, 7) is 2.12. The molecule has 0 fully saturated rings. The molecule has 29 heavy (non-hydrogen) atoms. The van der Waals surface area contributed by atoms with Crippen LogP contribution in [-0.4, -0.2) is 26.2 Å². The van der Waals surface area contributed by atoms with E-state index in [-0.39, 0.29) is 12.3 Å². The fraction of sp³-hybridized carbons (Fsp3) is 0.0909. The van der Waals surface area contributed by atoms with Crippen molar-refractivity contribution in [2.45, 2.75) is 13.5 Å². The number of hydrogen-bond acceptors (Lipinski definition) is 6. The van der Waals surface area contributed by atoms with Gasteiger partial charge in [0.1, 0.15) is 12.4 Å². The molecule has 0 atom stereocenters. The minimum absolute atomic E-state index is 0.138. The molecule has 0 saturated carbocycles. The summed E-state index contributed by atoms with van der Waals surface area (Å²) < 4.78 is 12.3. The molecule has 0 aliphatic heterocycles. The number of carbonyl (C=O) groups is 1. The lowest BCUT2D eigenvalue weighted by Crippen LogP contribution is -2.15. The smallest absolute Gasteiger partial charge is 0.357 e. The van der Waals surface area contributed by atoms with Crippen LogP contribution in [0.15, 0.2) is 77.4 Å². The monoisotopic (exact) mass is 386 g/mol. The van der Waals surface area contributed by atoms with Gasteiger partial charge in [-0.25, -0.2) is 4.79 Å². The number of tetrazole rings is 1. The minimum Gasteiger partial charge on any atom is -0.465 e. The molecule has 7 nitrogen and oxygen atoms in total. The van der Waals surface area contributed by atoms with Gasteiger partial charge in [-0.3, -0.25) is 0 Å². The summed E-state index contributed by atoms with van der Waals surface area (Å²) in [7, 11) is 0. The number of furan rings is 1. The van der Waals surface area contributed by atoms with Crippen molar-refractivity contribution >= 4 is 17.7 Å². The van der Waals surface area contributed by atoms with Crippen LogP contribution in [0.4, 0.5) is 0 Å². The second-order valence-corrected chi connectivity index (χ2v) is 6.39. The Kier molecular flexibility index (Phi) is 5.29. The van der Waals surface area contributed by atoms with Crippen LogP contribution in [0.2, 0.25) is 0 Å². The van der Waals surface area contributed by atoms with E-state index in [4.69, 9.17) is 9.15 Å². The van der Waals surface area contributed by atoms with Gasteiger partial charge in [-0.2, -0.15) is 4.68 Å². The zero-order valence-electron chi connectivity index (χ0n) is 15.7. The highest BCUT2D eigenvalue weighted by Gasteiger charge is 2.21. The van der Waals surface area contributed by atoms with Crippen LogP contribution in [0.5, 0.6) is 0 Å². The highest BCUT2D eigenvalue weighted by molar-refractivity contribution is 6.15. The molecule has 7 heteroatoms. The van der Waals surface area contributed by atoms with Crippen LogP contribution in [0, 0.1) is 6.92 Å². The van der Waals surface area contributed by atoms with E-state index in [1.165, 1.54) is 10.9 Å². The summed E-state index contributed by atoms with van der Waals surface area (Å²) in [5.41, 5.74) is 2.92. The highest BCUT2D eigenvalue weighted by Crippen LogP contribution is 2.21.